The Labute approximate surface area is 106 Å². The summed E-state index contributed by atoms with van der Waals surface area (Å²) < 4.78 is 28.2. The molecule has 1 aromatic rings. The minimum absolute atomic E-state index is 0.0700. The van der Waals surface area contributed by atoms with E-state index in [0.717, 1.165) is 0 Å². The molecule has 1 rings (SSSR count). The molecule has 0 bridgehead atoms. The minimum atomic E-state index is -1.65. The van der Waals surface area contributed by atoms with Crippen LogP contribution in [-0.2, 0) is 6.42 Å². The third-order valence-electron chi connectivity index (χ3n) is 3.15. The number of alkyl halides is 1. The predicted molar refractivity (Wildman–Crippen MR) is 67.5 cm³/mol. The molecule has 1 aromatic carbocycles. The maximum absolute atomic E-state index is 14.7. The fourth-order valence-corrected chi connectivity index (χ4v) is 1.82. The van der Waals surface area contributed by atoms with Gasteiger partial charge < -0.3 is 5.73 Å². The monoisotopic (exact) mass is 261 g/mol. The quantitative estimate of drug-likeness (QED) is 0.881. The number of benzene rings is 1. The molecule has 1 nitrogen and oxygen atoms in total. The van der Waals surface area contributed by atoms with Crippen LogP contribution >= 0.6 is 11.6 Å². The molecule has 2 N–H and O–H groups in total. The largest absolute Gasteiger partial charge is 0.327 e. The fourth-order valence-electron chi connectivity index (χ4n) is 1.62. The van der Waals surface area contributed by atoms with E-state index in [4.69, 9.17) is 17.3 Å². The average molecular weight is 262 g/mol. The van der Waals surface area contributed by atoms with E-state index in [0.29, 0.717) is 5.02 Å². The van der Waals surface area contributed by atoms with Gasteiger partial charge in [-0.1, -0.05) is 32.4 Å². The average Bonchev–Trinajstić information content (AvgIpc) is 2.21. The molecule has 0 aliphatic heterocycles. The van der Waals surface area contributed by atoms with Gasteiger partial charge in [0.15, 0.2) is 0 Å². The van der Waals surface area contributed by atoms with E-state index in [1.165, 1.54) is 18.2 Å². The second kappa shape index (κ2) is 4.91. The van der Waals surface area contributed by atoms with Gasteiger partial charge in [0.1, 0.15) is 11.5 Å². The van der Waals surface area contributed by atoms with Crippen molar-refractivity contribution in [3.63, 3.8) is 0 Å². The van der Waals surface area contributed by atoms with Gasteiger partial charge in [0.25, 0.3) is 0 Å². The Kier molecular flexibility index (Phi) is 4.15. The van der Waals surface area contributed by atoms with Crippen LogP contribution in [0, 0.1) is 11.2 Å². The lowest BCUT2D eigenvalue weighted by Crippen LogP contribution is -2.47. The van der Waals surface area contributed by atoms with Crippen molar-refractivity contribution in [3.05, 3.63) is 34.6 Å². The molecule has 1 unspecified atom stereocenters. The highest BCUT2D eigenvalue weighted by molar-refractivity contribution is 6.30. The molecule has 0 amide bonds. The van der Waals surface area contributed by atoms with Crippen LogP contribution in [0.2, 0.25) is 5.02 Å². The summed E-state index contributed by atoms with van der Waals surface area (Å²) in [6.07, 6.45) is -0.0700. The Morgan fingerprint density at radius 2 is 1.88 bits per heavy atom. The van der Waals surface area contributed by atoms with Crippen LogP contribution in [0.5, 0.6) is 0 Å². The summed E-state index contributed by atoms with van der Waals surface area (Å²) in [4.78, 5) is 0. The van der Waals surface area contributed by atoms with Crippen molar-refractivity contribution in [1.82, 2.24) is 0 Å². The van der Waals surface area contributed by atoms with Gasteiger partial charge in [0.05, 0.1) is 0 Å². The van der Waals surface area contributed by atoms with Crippen molar-refractivity contribution in [3.8, 4) is 0 Å². The van der Waals surface area contributed by atoms with Crippen LogP contribution in [0.4, 0.5) is 8.78 Å². The summed E-state index contributed by atoms with van der Waals surface area (Å²) in [7, 11) is 0. The first-order chi connectivity index (χ1) is 7.69. The molecule has 0 aliphatic carbocycles. The SMILES string of the molecule is CC(C)(C)C(F)(CN)Cc1cc(Cl)ccc1F. The van der Waals surface area contributed by atoms with Gasteiger partial charge in [0.2, 0.25) is 0 Å². The zero-order valence-electron chi connectivity index (χ0n) is 10.4. The third-order valence-corrected chi connectivity index (χ3v) is 3.38. The van der Waals surface area contributed by atoms with E-state index in [1.54, 1.807) is 20.8 Å². The van der Waals surface area contributed by atoms with E-state index in [-0.39, 0.29) is 18.5 Å². The molecule has 0 radical (unpaired) electrons. The fraction of sp³-hybridized carbons (Fsp3) is 0.538. The molecule has 0 heterocycles. The molecule has 0 spiro atoms. The van der Waals surface area contributed by atoms with Crippen LogP contribution in [0.25, 0.3) is 0 Å². The minimum Gasteiger partial charge on any atom is -0.327 e. The smallest absolute Gasteiger partial charge is 0.132 e. The summed E-state index contributed by atoms with van der Waals surface area (Å²) in [5.74, 6) is -0.450. The Bertz CT molecular complexity index is 401. The highest BCUT2D eigenvalue weighted by Crippen LogP contribution is 2.37. The van der Waals surface area contributed by atoms with Crippen LogP contribution in [0.3, 0.4) is 0 Å². The maximum atomic E-state index is 14.7. The normalized spacial score (nSPS) is 15.7. The van der Waals surface area contributed by atoms with Gasteiger partial charge in [-0.15, -0.1) is 0 Å². The maximum Gasteiger partial charge on any atom is 0.132 e. The lowest BCUT2D eigenvalue weighted by Gasteiger charge is -2.37. The molecule has 0 aliphatic rings. The summed E-state index contributed by atoms with van der Waals surface area (Å²) in [5, 5.41) is 0.398. The molecule has 4 heteroatoms. The van der Waals surface area contributed by atoms with E-state index in [2.05, 4.69) is 0 Å². The standard InChI is InChI=1S/C13H18ClF2N/c1-12(2,3)13(16,8-17)7-9-6-10(14)4-5-11(9)15/h4-6H,7-8,17H2,1-3H3. The highest BCUT2D eigenvalue weighted by Gasteiger charge is 2.41. The van der Waals surface area contributed by atoms with Gasteiger partial charge in [-0.2, -0.15) is 0 Å². The lowest BCUT2D eigenvalue weighted by atomic mass is 9.74. The molecule has 0 fully saturated rings. The Balaban J connectivity index is 3.07. The van der Waals surface area contributed by atoms with Crippen molar-refractivity contribution in [2.45, 2.75) is 32.9 Å². The van der Waals surface area contributed by atoms with E-state index in [1.807, 2.05) is 0 Å². The van der Waals surface area contributed by atoms with Crippen LogP contribution in [-0.4, -0.2) is 12.2 Å². The van der Waals surface area contributed by atoms with Crippen molar-refractivity contribution in [1.29, 1.82) is 0 Å². The van der Waals surface area contributed by atoms with E-state index in [9.17, 15) is 8.78 Å². The first-order valence-corrected chi connectivity index (χ1v) is 5.90. The number of nitrogens with two attached hydrogens (primary N) is 1. The Morgan fingerprint density at radius 1 is 1.29 bits per heavy atom. The van der Waals surface area contributed by atoms with Crippen LogP contribution in [0.1, 0.15) is 26.3 Å². The molecule has 0 saturated heterocycles. The third kappa shape index (κ3) is 3.17. The van der Waals surface area contributed by atoms with Crippen molar-refractivity contribution >= 4 is 11.6 Å². The Hall–Kier alpha value is -0.670. The van der Waals surface area contributed by atoms with Gasteiger partial charge in [-0.05, 0) is 29.2 Å². The first-order valence-electron chi connectivity index (χ1n) is 5.52. The topological polar surface area (TPSA) is 26.0 Å². The molecular weight excluding hydrogens is 244 g/mol. The van der Waals surface area contributed by atoms with E-state index < -0.39 is 16.9 Å². The second-order valence-corrected chi connectivity index (χ2v) is 5.77. The zero-order chi connectivity index (χ0) is 13.3. The van der Waals surface area contributed by atoms with Crippen LogP contribution in [0.15, 0.2) is 18.2 Å². The first kappa shape index (κ1) is 14.4. The number of hydrogen-bond donors (Lipinski definition) is 1. The second-order valence-electron chi connectivity index (χ2n) is 5.33. The number of halogens is 3. The molecule has 0 aromatic heterocycles. The highest BCUT2D eigenvalue weighted by atomic mass is 35.5. The molecule has 17 heavy (non-hydrogen) atoms. The summed E-state index contributed by atoms with van der Waals surface area (Å²) in [6.45, 7) is 5.11. The van der Waals surface area contributed by atoms with Gasteiger partial charge in [-0.3, -0.25) is 0 Å². The summed E-state index contributed by atoms with van der Waals surface area (Å²) in [5.41, 5.74) is 3.45. The summed E-state index contributed by atoms with van der Waals surface area (Å²) >= 11 is 5.78. The van der Waals surface area contributed by atoms with Crippen LogP contribution < -0.4 is 5.73 Å². The molecule has 0 saturated carbocycles. The predicted octanol–water partition coefficient (Wildman–Crippen LogP) is 3.73. The van der Waals surface area contributed by atoms with Crippen molar-refractivity contribution in [2.24, 2.45) is 11.1 Å². The lowest BCUT2D eigenvalue weighted by molar-refractivity contribution is 0.0374. The van der Waals surface area contributed by atoms with Crippen molar-refractivity contribution < 1.29 is 8.78 Å². The van der Waals surface area contributed by atoms with Gasteiger partial charge in [-0.25, -0.2) is 8.78 Å². The molecular formula is C13H18ClF2N. The zero-order valence-corrected chi connectivity index (χ0v) is 11.1. The van der Waals surface area contributed by atoms with Crippen molar-refractivity contribution in [2.75, 3.05) is 6.54 Å². The van der Waals surface area contributed by atoms with Gasteiger partial charge in [0, 0.05) is 18.0 Å². The molecule has 96 valence electrons. The molecule has 1 atom stereocenters. The number of hydrogen-bond acceptors (Lipinski definition) is 1. The Morgan fingerprint density at radius 3 is 2.35 bits per heavy atom. The number of rotatable bonds is 3. The summed E-state index contributed by atoms with van der Waals surface area (Å²) in [6, 6.07) is 4.14. The van der Waals surface area contributed by atoms with E-state index >= 15 is 0 Å². The van der Waals surface area contributed by atoms with Gasteiger partial charge >= 0.3 is 0 Å².